The van der Waals surface area contributed by atoms with Gasteiger partial charge in [0.15, 0.2) is 17.3 Å². The van der Waals surface area contributed by atoms with Crippen LogP contribution < -0.4 is 10.1 Å². The van der Waals surface area contributed by atoms with Gasteiger partial charge in [0.05, 0.1) is 35.6 Å². The van der Waals surface area contributed by atoms with E-state index in [4.69, 9.17) is 4.74 Å². The number of aromatic hydroxyl groups is 2. The number of methoxy groups -OCH3 is 1. The van der Waals surface area contributed by atoms with Crippen molar-refractivity contribution in [2.24, 2.45) is 0 Å². The van der Waals surface area contributed by atoms with Crippen LogP contribution in [0.5, 0.6) is 17.2 Å². The number of aliphatic hydroxyl groups excluding tert-OH is 1. The number of ketones is 2. The minimum atomic E-state index is -1.58. The van der Waals surface area contributed by atoms with E-state index in [0.29, 0.717) is 5.75 Å². The number of phenolic OH excluding ortho intramolecular Hbond substituents is 2. The molecular weight excluding hydrogens is 402 g/mol. The zero-order valence-electron chi connectivity index (χ0n) is 17.1. The fraction of sp³-hybridized carbons (Fsp3) is 0.304. The van der Waals surface area contributed by atoms with E-state index in [9.17, 15) is 30.0 Å². The molecule has 0 radical (unpaired) electrons. The average Bonchev–Trinajstić information content (AvgIpc) is 2.74. The third-order valence-corrected chi connectivity index (χ3v) is 5.94. The molecule has 2 aliphatic rings. The molecule has 162 valence electrons. The van der Waals surface area contributed by atoms with Crippen molar-refractivity contribution in [2.45, 2.75) is 38.0 Å². The molecule has 8 nitrogen and oxygen atoms in total. The van der Waals surface area contributed by atoms with E-state index in [-0.39, 0.29) is 47.3 Å². The second-order valence-electron chi connectivity index (χ2n) is 8.11. The summed E-state index contributed by atoms with van der Waals surface area (Å²) in [5, 5.41) is 44.8. The molecule has 31 heavy (non-hydrogen) atoms. The lowest BCUT2D eigenvalue weighted by atomic mass is 9.71. The minimum Gasteiger partial charge on any atom is -0.507 e. The number of carbonyl (C=O) groups is 2. The molecule has 2 atom stereocenters. The smallest absolute Gasteiger partial charge is 0.194 e. The molecule has 0 bridgehead atoms. The van der Waals surface area contributed by atoms with Gasteiger partial charge in [0, 0.05) is 36.6 Å². The first-order chi connectivity index (χ1) is 14.6. The number of ether oxygens (including phenoxy) is 1. The Balaban J connectivity index is 1.69. The summed E-state index contributed by atoms with van der Waals surface area (Å²) in [5.41, 5.74) is -1.09. The summed E-state index contributed by atoms with van der Waals surface area (Å²) in [6.07, 6.45) is -1.65. The third kappa shape index (κ3) is 3.43. The number of phenols is 2. The zero-order valence-corrected chi connectivity index (χ0v) is 17.1. The maximum atomic E-state index is 13.1. The van der Waals surface area contributed by atoms with Crippen LogP contribution in [0, 0.1) is 0 Å². The Morgan fingerprint density at radius 2 is 1.74 bits per heavy atom. The lowest BCUT2D eigenvalue weighted by molar-refractivity contribution is -0.0651. The van der Waals surface area contributed by atoms with E-state index >= 15 is 0 Å². The first-order valence-corrected chi connectivity index (χ1v) is 9.81. The van der Waals surface area contributed by atoms with Crippen LogP contribution in [0.4, 0.5) is 5.69 Å². The highest BCUT2D eigenvalue weighted by atomic mass is 16.5. The van der Waals surface area contributed by atoms with Crippen molar-refractivity contribution in [1.82, 2.24) is 0 Å². The van der Waals surface area contributed by atoms with Gasteiger partial charge < -0.3 is 30.5 Å². The molecule has 0 aromatic heterocycles. The van der Waals surface area contributed by atoms with Crippen LogP contribution in [-0.2, 0) is 6.54 Å². The van der Waals surface area contributed by atoms with Crippen molar-refractivity contribution in [2.75, 3.05) is 12.4 Å². The van der Waals surface area contributed by atoms with Gasteiger partial charge in [-0.3, -0.25) is 9.59 Å². The number of benzene rings is 2. The van der Waals surface area contributed by atoms with E-state index in [1.807, 2.05) is 12.1 Å². The summed E-state index contributed by atoms with van der Waals surface area (Å²) < 4.78 is 5.11. The molecule has 2 aliphatic carbocycles. The van der Waals surface area contributed by atoms with Crippen molar-refractivity contribution >= 4 is 17.3 Å². The Morgan fingerprint density at radius 3 is 2.39 bits per heavy atom. The molecule has 0 saturated carbocycles. The maximum Gasteiger partial charge on any atom is 0.194 e. The Hall–Kier alpha value is -3.36. The Bertz CT molecular complexity index is 1120. The summed E-state index contributed by atoms with van der Waals surface area (Å²) in [5.74, 6) is -1.47. The van der Waals surface area contributed by atoms with E-state index in [0.717, 1.165) is 5.56 Å². The third-order valence-electron chi connectivity index (χ3n) is 5.94. The van der Waals surface area contributed by atoms with Crippen LogP contribution in [-0.4, -0.2) is 50.8 Å². The van der Waals surface area contributed by atoms with Crippen LogP contribution in [0.3, 0.4) is 0 Å². The first-order valence-electron chi connectivity index (χ1n) is 9.81. The van der Waals surface area contributed by atoms with Crippen LogP contribution in [0.25, 0.3) is 0 Å². The molecule has 0 spiro atoms. The highest BCUT2D eigenvalue weighted by molar-refractivity contribution is 6.29. The standard InChI is InChI=1S/C23H23NO7/c1-23(30)9-14-13(7-17(23)26)20(27)18-16(25)8-15(22(29)19(18)21(14)28)24-10-11-3-5-12(31-2)6-4-11/h3-6,8,17,24-26,29-30H,7,9-10H2,1-2H3/t17-,23+/m1/s1. The molecule has 2 aromatic carbocycles. The zero-order chi connectivity index (χ0) is 22.5. The van der Waals surface area contributed by atoms with Crippen molar-refractivity contribution < 1.29 is 34.8 Å². The highest BCUT2D eigenvalue weighted by Crippen LogP contribution is 2.46. The average molecular weight is 425 g/mol. The molecule has 0 fully saturated rings. The van der Waals surface area contributed by atoms with Gasteiger partial charge in [-0.2, -0.15) is 0 Å². The van der Waals surface area contributed by atoms with Gasteiger partial charge in [0.2, 0.25) is 0 Å². The van der Waals surface area contributed by atoms with Gasteiger partial charge in [-0.25, -0.2) is 0 Å². The predicted octanol–water partition coefficient (Wildman–Crippen LogP) is 2.30. The van der Waals surface area contributed by atoms with Crippen molar-refractivity contribution in [3.05, 3.63) is 58.2 Å². The molecule has 5 N–H and O–H groups in total. The second-order valence-corrected chi connectivity index (χ2v) is 8.11. The SMILES string of the molecule is COc1ccc(CNc2cc(O)c3c(c2O)C(=O)C2=C(C[C@@H](O)[C@@](C)(O)C2)C3=O)cc1. The number of hydrogen-bond acceptors (Lipinski definition) is 8. The number of carbonyl (C=O) groups excluding carboxylic acids is 2. The fourth-order valence-corrected chi connectivity index (χ4v) is 4.05. The molecule has 2 aromatic rings. The molecule has 0 heterocycles. The molecule has 0 amide bonds. The normalized spacial score (nSPS) is 22.8. The van der Waals surface area contributed by atoms with Gasteiger partial charge in [-0.05, 0) is 24.6 Å². The van der Waals surface area contributed by atoms with Crippen LogP contribution in [0.1, 0.15) is 46.0 Å². The largest absolute Gasteiger partial charge is 0.507 e. The van der Waals surface area contributed by atoms with E-state index < -0.39 is 34.8 Å². The number of aliphatic hydroxyl groups is 2. The summed E-state index contributed by atoms with van der Waals surface area (Å²) in [4.78, 5) is 26.1. The highest BCUT2D eigenvalue weighted by Gasteiger charge is 2.46. The van der Waals surface area contributed by atoms with Crippen molar-refractivity contribution in [3.8, 4) is 17.2 Å². The summed E-state index contributed by atoms with van der Waals surface area (Å²) >= 11 is 0. The van der Waals surface area contributed by atoms with E-state index in [1.54, 1.807) is 19.2 Å². The molecule has 0 aliphatic heterocycles. The van der Waals surface area contributed by atoms with Gasteiger partial charge in [-0.15, -0.1) is 0 Å². The van der Waals surface area contributed by atoms with E-state index in [2.05, 4.69) is 5.32 Å². The Kier molecular flexibility index (Phi) is 4.99. The van der Waals surface area contributed by atoms with Gasteiger partial charge in [0.1, 0.15) is 11.5 Å². The lowest BCUT2D eigenvalue weighted by Gasteiger charge is -2.37. The minimum absolute atomic E-state index is 0.0507. The first kappa shape index (κ1) is 20.9. The summed E-state index contributed by atoms with van der Waals surface area (Å²) in [6.45, 7) is 1.67. The lowest BCUT2D eigenvalue weighted by Crippen LogP contribution is -2.46. The monoisotopic (exact) mass is 425 g/mol. The summed E-state index contributed by atoms with van der Waals surface area (Å²) in [7, 11) is 1.56. The Morgan fingerprint density at radius 1 is 1.10 bits per heavy atom. The number of fused-ring (bicyclic) bond motifs is 1. The number of hydrogen-bond donors (Lipinski definition) is 5. The van der Waals surface area contributed by atoms with Crippen LogP contribution in [0.2, 0.25) is 0 Å². The quantitative estimate of drug-likeness (QED) is 0.372. The summed E-state index contributed by atoms with van der Waals surface area (Å²) in [6, 6.07) is 8.40. The molecule has 4 rings (SSSR count). The van der Waals surface area contributed by atoms with Gasteiger partial charge >= 0.3 is 0 Å². The Labute approximate surface area is 178 Å². The van der Waals surface area contributed by atoms with Gasteiger partial charge in [0.25, 0.3) is 0 Å². The molecule has 8 heteroatoms. The van der Waals surface area contributed by atoms with E-state index in [1.165, 1.54) is 13.0 Å². The number of rotatable bonds is 4. The van der Waals surface area contributed by atoms with Gasteiger partial charge in [-0.1, -0.05) is 12.1 Å². The fourth-order valence-electron chi connectivity index (χ4n) is 4.05. The number of Topliss-reactive ketones (excluding diaryl/α,β-unsaturated/α-hetero) is 2. The van der Waals surface area contributed by atoms with Crippen molar-refractivity contribution in [3.63, 3.8) is 0 Å². The topological polar surface area (TPSA) is 136 Å². The number of anilines is 1. The number of nitrogens with one attached hydrogen (secondary N) is 1. The molecule has 0 unspecified atom stereocenters. The predicted molar refractivity (Wildman–Crippen MR) is 112 cm³/mol. The van der Waals surface area contributed by atoms with Crippen molar-refractivity contribution in [1.29, 1.82) is 0 Å². The molecular formula is C23H23NO7. The van der Waals surface area contributed by atoms with Crippen LogP contribution in [0.15, 0.2) is 41.5 Å². The molecule has 0 saturated heterocycles. The second kappa shape index (κ2) is 7.40. The maximum absolute atomic E-state index is 13.1. The van der Waals surface area contributed by atoms with Crippen LogP contribution >= 0.6 is 0 Å².